The van der Waals surface area contributed by atoms with E-state index in [1.807, 2.05) is 0 Å². The van der Waals surface area contributed by atoms with Crippen molar-refractivity contribution in [3.8, 4) is 0 Å². The Morgan fingerprint density at radius 2 is 1.59 bits per heavy atom. The first-order valence-electron chi connectivity index (χ1n) is 7.02. The van der Waals surface area contributed by atoms with E-state index in [9.17, 15) is 22.8 Å². The molecule has 1 saturated heterocycles. The molecular formula is C15H23F3O4. The van der Waals surface area contributed by atoms with Crippen LogP contribution in [0, 0.1) is 16.7 Å². The Bertz CT molecular complexity index is 472. The summed E-state index contributed by atoms with van der Waals surface area (Å²) < 4.78 is 49.4. The van der Waals surface area contributed by atoms with Gasteiger partial charge in [-0.1, -0.05) is 20.8 Å². The van der Waals surface area contributed by atoms with E-state index in [4.69, 9.17) is 9.47 Å². The summed E-state index contributed by atoms with van der Waals surface area (Å²) >= 11 is 0. The van der Waals surface area contributed by atoms with Crippen LogP contribution < -0.4 is 0 Å². The molecule has 0 spiro atoms. The second kappa shape index (κ2) is 5.13. The van der Waals surface area contributed by atoms with Crippen molar-refractivity contribution in [2.75, 3.05) is 0 Å². The Morgan fingerprint density at radius 3 is 1.95 bits per heavy atom. The lowest BCUT2D eigenvalue weighted by Crippen LogP contribution is -2.48. The average Bonchev–Trinajstić information content (AvgIpc) is 2.45. The molecule has 0 radical (unpaired) electrons. The Kier molecular flexibility index (Phi) is 4.38. The molecule has 0 saturated carbocycles. The molecule has 1 fully saturated rings. The molecule has 0 aliphatic carbocycles. The van der Waals surface area contributed by atoms with Crippen LogP contribution in [0.25, 0.3) is 0 Å². The van der Waals surface area contributed by atoms with Gasteiger partial charge in [0.25, 0.3) is 0 Å². The molecule has 4 nitrogen and oxygen atoms in total. The summed E-state index contributed by atoms with van der Waals surface area (Å²) in [6, 6.07) is 0. The van der Waals surface area contributed by atoms with Crippen LogP contribution in [-0.4, -0.2) is 29.8 Å². The third kappa shape index (κ3) is 3.22. The van der Waals surface area contributed by atoms with Crippen molar-refractivity contribution >= 4 is 11.9 Å². The van der Waals surface area contributed by atoms with Crippen LogP contribution in [-0.2, 0) is 19.1 Å². The number of halogens is 3. The topological polar surface area (TPSA) is 52.6 Å². The van der Waals surface area contributed by atoms with Crippen molar-refractivity contribution in [2.24, 2.45) is 16.7 Å². The largest absolute Gasteiger partial charge is 0.456 e. The minimum Gasteiger partial charge on any atom is -0.456 e. The molecule has 1 aliphatic heterocycles. The molecule has 0 bridgehead atoms. The van der Waals surface area contributed by atoms with Gasteiger partial charge < -0.3 is 9.47 Å². The molecule has 2 atom stereocenters. The third-order valence-corrected chi connectivity index (χ3v) is 4.62. The molecular weight excluding hydrogens is 301 g/mol. The van der Waals surface area contributed by atoms with Crippen LogP contribution >= 0.6 is 0 Å². The summed E-state index contributed by atoms with van der Waals surface area (Å²) in [6.07, 6.45) is -6.68. The first kappa shape index (κ1) is 18.8. The van der Waals surface area contributed by atoms with E-state index < -0.39 is 46.6 Å². The fourth-order valence-electron chi connectivity index (χ4n) is 2.13. The predicted octanol–water partition coefficient (Wildman–Crippen LogP) is 3.48. The number of hydrogen-bond acceptors (Lipinski definition) is 4. The SMILES string of the molecule is CC1(C)OC(=O)C(OC(=O)C(C)(C)C(C)(C)C)C1C(F)(F)F. The summed E-state index contributed by atoms with van der Waals surface area (Å²) in [5.41, 5.74) is -3.38. The van der Waals surface area contributed by atoms with Gasteiger partial charge in [0.2, 0.25) is 6.10 Å². The predicted molar refractivity (Wildman–Crippen MR) is 72.8 cm³/mol. The second-order valence-corrected chi connectivity index (χ2v) is 7.74. The van der Waals surface area contributed by atoms with Gasteiger partial charge in [0.1, 0.15) is 11.5 Å². The van der Waals surface area contributed by atoms with E-state index in [-0.39, 0.29) is 0 Å². The van der Waals surface area contributed by atoms with Crippen LogP contribution in [0.3, 0.4) is 0 Å². The van der Waals surface area contributed by atoms with Crippen molar-refractivity contribution in [3.63, 3.8) is 0 Å². The minimum atomic E-state index is -4.72. The molecule has 0 amide bonds. The minimum absolute atomic E-state index is 0.546. The number of cyclic esters (lactones) is 1. The molecule has 0 aromatic heterocycles. The lowest BCUT2D eigenvalue weighted by molar-refractivity contribution is -0.223. The number of hydrogen-bond donors (Lipinski definition) is 0. The zero-order valence-electron chi connectivity index (χ0n) is 13.9. The number of alkyl halides is 3. The fourth-order valence-corrected chi connectivity index (χ4v) is 2.13. The van der Waals surface area contributed by atoms with Crippen LogP contribution in [0.5, 0.6) is 0 Å². The highest BCUT2D eigenvalue weighted by Gasteiger charge is 2.64. The van der Waals surface area contributed by atoms with Gasteiger partial charge in [-0.15, -0.1) is 0 Å². The lowest BCUT2D eigenvalue weighted by atomic mass is 9.69. The average molecular weight is 324 g/mol. The maximum atomic E-state index is 13.2. The maximum Gasteiger partial charge on any atom is 0.399 e. The van der Waals surface area contributed by atoms with Gasteiger partial charge in [-0.05, 0) is 33.1 Å². The zero-order valence-corrected chi connectivity index (χ0v) is 13.9. The van der Waals surface area contributed by atoms with Crippen LogP contribution in [0.15, 0.2) is 0 Å². The third-order valence-electron chi connectivity index (χ3n) is 4.62. The van der Waals surface area contributed by atoms with E-state index in [1.54, 1.807) is 34.6 Å². The highest BCUT2D eigenvalue weighted by atomic mass is 19.4. The van der Waals surface area contributed by atoms with E-state index >= 15 is 0 Å². The van der Waals surface area contributed by atoms with Crippen molar-refractivity contribution in [1.29, 1.82) is 0 Å². The molecule has 22 heavy (non-hydrogen) atoms. The first-order valence-corrected chi connectivity index (χ1v) is 7.02. The van der Waals surface area contributed by atoms with Gasteiger partial charge in [0.05, 0.1) is 5.41 Å². The summed E-state index contributed by atoms with van der Waals surface area (Å²) in [5, 5.41) is 0. The van der Waals surface area contributed by atoms with Crippen molar-refractivity contribution in [2.45, 2.75) is 66.3 Å². The van der Waals surface area contributed by atoms with Crippen molar-refractivity contribution < 1.29 is 32.2 Å². The summed E-state index contributed by atoms with van der Waals surface area (Å²) in [4.78, 5) is 24.1. The van der Waals surface area contributed by atoms with Crippen LogP contribution in [0.4, 0.5) is 13.2 Å². The molecule has 1 rings (SSSR count). The van der Waals surface area contributed by atoms with E-state index in [2.05, 4.69) is 0 Å². The lowest BCUT2D eigenvalue weighted by Gasteiger charge is -2.37. The number of carbonyl (C=O) groups is 2. The Hall–Kier alpha value is -1.27. The van der Waals surface area contributed by atoms with Gasteiger partial charge in [-0.25, -0.2) is 4.79 Å². The van der Waals surface area contributed by atoms with Crippen LogP contribution in [0.2, 0.25) is 0 Å². The molecule has 7 heteroatoms. The molecule has 0 aromatic rings. The second-order valence-electron chi connectivity index (χ2n) is 7.74. The zero-order chi connectivity index (χ0) is 17.7. The van der Waals surface area contributed by atoms with Gasteiger partial charge >= 0.3 is 18.1 Å². The Morgan fingerprint density at radius 1 is 1.14 bits per heavy atom. The summed E-state index contributed by atoms with van der Waals surface area (Å²) in [6.45, 7) is 10.8. The first-order chi connectivity index (χ1) is 9.52. The molecule has 2 unspecified atom stereocenters. The standard InChI is InChI=1S/C15H23F3O4/c1-12(2,3)13(4,5)11(20)21-8-9(15(16,17)18)14(6,7)22-10(8)19/h8-9H,1-7H3. The molecule has 1 aliphatic rings. The smallest absolute Gasteiger partial charge is 0.399 e. The van der Waals surface area contributed by atoms with Gasteiger partial charge in [-0.3, -0.25) is 4.79 Å². The maximum absolute atomic E-state index is 13.2. The highest BCUT2D eigenvalue weighted by Crippen LogP contribution is 2.46. The number of ether oxygens (including phenoxy) is 2. The van der Waals surface area contributed by atoms with Crippen molar-refractivity contribution in [3.05, 3.63) is 0 Å². The van der Waals surface area contributed by atoms with E-state index in [0.29, 0.717) is 0 Å². The Balaban J connectivity index is 3.10. The molecule has 0 N–H and O–H groups in total. The number of esters is 2. The quantitative estimate of drug-likeness (QED) is 0.730. The monoisotopic (exact) mass is 324 g/mol. The molecule has 1 heterocycles. The van der Waals surface area contributed by atoms with E-state index in [1.165, 1.54) is 0 Å². The number of rotatable bonds is 2. The highest BCUT2D eigenvalue weighted by molar-refractivity contribution is 5.84. The Labute approximate surface area is 128 Å². The van der Waals surface area contributed by atoms with E-state index in [0.717, 1.165) is 13.8 Å². The molecule has 0 aromatic carbocycles. The van der Waals surface area contributed by atoms with Crippen molar-refractivity contribution in [1.82, 2.24) is 0 Å². The summed E-state index contributed by atoms with van der Waals surface area (Å²) in [5.74, 6) is -4.20. The van der Waals surface area contributed by atoms with Gasteiger partial charge in [0, 0.05) is 0 Å². The normalized spacial score (nSPS) is 25.8. The summed E-state index contributed by atoms with van der Waals surface area (Å²) in [7, 11) is 0. The van der Waals surface area contributed by atoms with Gasteiger partial charge in [0.15, 0.2) is 0 Å². The molecule has 128 valence electrons. The van der Waals surface area contributed by atoms with Crippen LogP contribution in [0.1, 0.15) is 48.5 Å². The number of carbonyl (C=O) groups excluding carboxylic acids is 2. The van der Waals surface area contributed by atoms with Gasteiger partial charge in [-0.2, -0.15) is 13.2 Å². The fraction of sp³-hybridized carbons (Fsp3) is 0.867.